The molecule has 40 valence electrons. The van der Waals surface area contributed by atoms with Crippen LogP contribution in [-0.4, -0.2) is 22.2 Å². The lowest BCUT2D eigenvalue weighted by Gasteiger charge is -1.72. The molecule has 0 saturated heterocycles. The number of hydrogen-bond donors (Lipinski definition) is 0. The highest BCUT2D eigenvalue weighted by atomic mass is 79.9. The van der Waals surface area contributed by atoms with E-state index in [4.69, 9.17) is 5.11 Å². The molecule has 3 nitrogen and oxygen atoms in total. The number of rotatable bonds is 2. The van der Waals surface area contributed by atoms with Gasteiger partial charge in [0.2, 0.25) is 0 Å². The Labute approximate surface area is 48.5 Å². The van der Waals surface area contributed by atoms with Gasteiger partial charge in [0.25, 0.3) is 0 Å². The summed E-state index contributed by atoms with van der Waals surface area (Å²) in [5, 5.41) is 6.12. The summed E-state index contributed by atoms with van der Waals surface area (Å²) < 4.78 is 0. The van der Waals surface area contributed by atoms with E-state index in [2.05, 4.69) is 15.9 Å². The fourth-order valence-electron chi connectivity index (χ4n) is 0.0607. The minimum Gasteiger partial charge on any atom is -0.559 e. The van der Waals surface area contributed by atoms with Crippen LogP contribution in [0.15, 0.2) is 0 Å². The zero-order valence-electron chi connectivity index (χ0n) is 3.40. The molecule has 0 aromatic carbocycles. The Morgan fingerprint density at radius 2 is 2.00 bits per heavy atom. The average molecular weight is 168 g/mol. The molecule has 0 atom stereocenters. The predicted octanol–water partition coefficient (Wildman–Crippen LogP) is -0.798. The standard InChI is InChI=1S/C3H3BrO3/c4-1-2(5)3(6)7/h1H2,(H,6,7)/p+1. The molecule has 7 heavy (non-hydrogen) atoms. The molecular formula is C3H4BrO3+. The molecular weight excluding hydrogens is 164 g/mol. The topological polar surface area (TPSA) is 57.0 Å². The quantitative estimate of drug-likeness (QED) is 0.308. The first-order valence-corrected chi connectivity index (χ1v) is 2.65. The Balaban J connectivity index is 3.58. The molecule has 0 aliphatic carbocycles. The van der Waals surface area contributed by atoms with E-state index < -0.39 is 11.8 Å². The normalized spacial score (nSPS) is 8.14. The number of carbonyl (C=O) groups excluding carboxylic acids is 2. The first kappa shape index (κ1) is 6.62. The predicted molar refractivity (Wildman–Crippen MR) is 27.4 cm³/mol. The second-order valence-corrected chi connectivity index (χ2v) is 1.45. The number of carbonyl (C=O) groups is 2. The van der Waals surface area contributed by atoms with Gasteiger partial charge in [-0.05, 0) is 0 Å². The number of Topliss-reactive ketones (excluding diaryl/α,β-unsaturated/α-hetero) is 1. The van der Waals surface area contributed by atoms with Crippen LogP contribution in [0.4, 0.5) is 0 Å². The van der Waals surface area contributed by atoms with Gasteiger partial charge >= 0.3 is 11.8 Å². The van der Waals surface area contributed by atoms with Crippen molar-refractivity contribution >= 4 is 27.7 Å². The monoisotopic (exact) mass is 167 g/mol. The highest BCUT2D eigenvalue weighted by Gasteiger charge is 2.16. The fraction of sp³-hybridized carbons (Fsp3) is 0.333. The molecule has 0 amide bonds. The van der Waals surface area contributed by atoms with Gasteiger partial charge < -0.3 is 5.11 Å². The Morgan fingerprint density at radius 1 is 1.57 bits per heavy atom. The number of ketones is 1. The molecule has 0 aromatic rings. The lowest BCUT2D eigenvalue weighted by Crippen LogP contribution is -2.12. The second-order valence-electron chi connectivity index (χ2n) is 0.886. The summed E-state index contributed by atoms with van der Waals surface area (Å²) in [5.74, 6) is -1.85. The van der Waals surface area contributed by atoms with Gasteiger partial charge in [-0.15, -0.1) is 0 Å². The largest absolute Gasteiger partial charge is 0.586 e. The molecule has 4 heteroatoms. The molecule has 0 rings (SSSR count). The lowest BCUT2D eigenvalue weighted by atomic mass is 10.5. The van der Waals surface area contributed by atoms with E-state index in [9.17, 15) is 9.59 Å². The van der Waals surface area contributed by atoms with Crippen LogP contribution in [0.3, 0.4) is 0 Å². The fourth-order valence-corrected chi connectivity index (χ4v) is 0.315. The molecule has 0 spiro atoms. The summed E-state index contributed by atoms with van der Waals surface area (Å²) in [6.45, 7) is 0. The maximum atomic E-state index is 9.93. The van der Waals surface area contributed by atoms with Crippen LogP contribution >= 0.6 is 15.9 Å². The molecule has 2 N–H and O–H groups in total. The third-order valence-corrected chi connectivity index (χ3v) is 0.884. The maximum Gasteiger partial charge on any atom is 0.586 e. The van der Waals surface area contributed by atoms with Crippen molar-refractivity contribution in [2.45, 2.75) is 0 Å². The van der Waals surface area contributed by atoms with Crippen LogP contribution in [0.1, 0.15) is 0 Å². The summed E-state index contributed by atoms with van der Waals surface area (Å²) in [6.07, 6.45) is 0. The number of halogens is 1. The molecule has 0 radical (unpaired) electrons. The summed E-state index contributed by atoms with van der Waals surface area (Å²) in [6, 6.07) is 0. The Bertz CT molecular complexity index is 98.4. The Hall–Kier alpha value is -0.380. The van der Waals surface area contributed by atoms with Gasteiger partial charge in [0.05, 0.1) is 10.1 Å². The first-order chi connectivity index (χ1) is 3.18. The Kier molecular flexibility index (Phi) is 2.59. The van der Waals surface area contributed by atoms with Crippen molar-refractivity contribution in [2.75, 3.05) is 5.33 Å². The van der Waals surface area contributed by atoms with Crippen LogP contribution in [-0.2, 0) is 9.59 Å². The number of hydrogen-bond acceptors (Lipinski definition) is 2. The van der Waals surface area contributed by atoms with E-state index >= 15 is 0 Å². The van der Waals surface area contributed by atoms with Gasteiger partial charge in [-0.2, -0.15) is 0 Å². The summed E-state index contributed by atoms with van der Waals surface area (Å²) in [5.41, 5.74) is 0. The Morgan fingerprint density at radius 3 is 2.00 bits per heavy atom. The third-order valence-electron chi connectivity index (χ3n) is 0.375. The minimum absolute atomic E-state index is 0.0463. The van der Waals surface area contributed by atoms with Gasteiger partial charge in [-0.25, -0.2) is 0 Å². The van der Waals surface area contributed by atoms with Crippen molar-refractivity contribution in [3.8, 4) is 0 Å². The second kappa shape index (κ2) is 2.74. The van der Waals surface area contributed by atoms with Crippen LogP contribution in [0.25, 0.3) is 0 Å². The van der Waals surface area contributed by atoms with E-state index in [1.54, 1.807) is 0 Å². The van der Waals surface area contributed by atoms with Crippen molar-refractivity contribution in [3.63, 3.8) is 0 Å². The van der Waals surface area contributed by atoms with Gasteiger partial charge in [-0.3, -0.25) is 4.79 Å². The molecule has 0 aliphatic heterocycles. The maximum absolute atomic E-state index is 9.93. The highest BCUT2D eigenvalue weighted by Crippen LogP contribution is 1.80. The molecule has 0 heterocycles. The van der Waals surface area contributed by atoms with Gasteiger partial charge in [0, 0.05) is 0 Å². The molecule has 0 fully saturated rings. The van der Waals surface area contributed by atoms with Crippen LogP contribution in [0, 0.1) is 0 Å². The van der Waals surface area contributed by atoms with E-state index in [-0.39, 0.29) is 5.33 Å². The zero-order chi connectivity index (χ0) is 5.86. The van der Waals surface area contributed by atoms with Gasteiger partial charge in [-0.1, -0.05) is 15.9 Å². The average Bonchev–Trinajstić information content (AvgIpc) is 1.65. The lowest BCUT2D eigenvalue weighted by molar-refractivity contribution is -0.147. The van der Waals surface area contributed by atoms with Crippen molar-refractivity contribution in [1.82, 2.24) is 0 Å². The van der Waals surface area contributed by atoms with Crippen molar-refractivity contribution in [1.29, 1.82) is 0 Å². The molecule has 0 unspecified atom stereocenters. The SMILES string of the molecule is O=C([OH2+])C(=O)CBr. The van der Waals surface area contributed by atoms with E-state index in [0.717, 1.165) is 0 Å². The molecule has 0 saturated carbocycles. The van der Waals surface area contributed by atoms with Crippen molar-refractivity contribution in [3.05, 3.63) is 0 Å². The van der Waals surface area contributed by atoms with Gasteiger partial charge in [0.15, 0.2) is 0 Å². The van der Waals surface area contributed by atoms with Gasteiger partial charge in [0.1, 0.15) is 0 Å². The van der Waals surface area contributed by atoms with Crippen molar-refractivity contribution in [2.24, 2.45) is 0 Å². The minimum atomic E-state index is -1.14. The van der Waals surface area contributed by atoms with Crippen LogP contribution in [0.2, 0.25) is 0 Å². The van der Waals surface area contributed by atoms with Crippen molar-refractivity contribution < 1.29 is 14.7 Å². The highest BCUT2D eigenvalue weighted by molar-refractivity contribution is 9.09. The summed E-state index contributed by atoms with van der Waals surface area (Å²) in [7, 11) is 0. The zero-order valence-corrected chi connectivity index (χ0v) is 4.99. The van der Waals surface area contributed by atoms with Crippen LogP contribution in [0.5, 0.6) is 0 Å². The summed E-state index contributed by atoms with van der Waals surface area (Å²) >= 11 is 2.72. The van der Waals surface area contributed by atoms with E-state index in [1.165, 1.54) is 0 Å². The smallest absolute Gasteiger partial charge is 0.559 e. The molecule has 0 aliphatic rings. The summed E-state index contributed by atoms with van der Waals surface area (Å²) in [4.78, 5) is 19.6. The first-order valence-electron chi connectivity index (χ1n) is 1.53. The van der Waals surface area contributed by atoms with E-state index in [1.807, 2.05) is 0 Å². The van der Waals surface area contributed by atoms with E-state index in [0.29, 0.717) is 0 Å². The molecule has 0 aromatic heterocycles. The molecule has 0 bridgehead atoms. The number of alkyl halides is 1. The third kappa shape index (κ3) is 2.33. The van der Waals surface area contributed by atoms with Crippen LogP contribution < -0.4 is 0 Å².